The number of hydrogen-bond donors (Lipinski definition) is 1. The number of carbonyl (C=O) groups is 2. The maximum atomic E-state index is 13.4. The molecular weight excluding hydrogens is 468 g/mol. The molecule has 0 fully saturated rings. The minimum atomic E-state index is -5.47. The summed E-state index contributed by atoms with van der Waals surface area (Å²) >= 11 is 0. The lowest BCUT2D eigenvalue weighted by atomic mass is 10.3. The van der Waals surface area contributed by atoms with E-state index in [1.807, 2.05) is 0 Å². The van der Waals surface area contributed by atoms with Gasteiger partial charge in [-0.15, -0.1) is 0 Å². The molecule has 2 rings (SSSR count). The van der Waals surface area contributed by atoms with Crippen LogP contribution in [0.4, 0.5) is 18.9 Å². The van der Waals surface area contributed by atoms with Crippen LogP contribution in [0.2, 0.25) is 0 Å². The summed E-state index contributed by atoms with van der Waals surface area (Å²) in [6.45, 7) is -0.0428. The molecule has 0 aliphatic carbocycles. The Morgan fingerprint density at radius 2 is 1.61 bits per heavy atom. The Labute approximate surface area is 187 Å². The molecule has 0 heterocycles. The van der Waals surface area contributed by atoms with E-state index in [1.165, 1.54) is 55.5 Å². The standard InChI is InChI=1S/C20H22F3N2O7P/c1-3-30-17(26)14-25(18(27)20(21,22)23)19(24(2)15-10-6-4-7-11-15)33(28,29)32-31-16-12-8-5-9-13-16/h4-13,19H,3,14H2,1-2H3,(H,28,29). The first-order chi connectivity index (χ1) is 15.5. The zero-order chi connectivity index (χ0) is 24.6. The molecule has 0 spiro atoms. The van der Waals surface area contributed by atoms with Crippen molar-refractivity contribution in [2.24, 2.45) is 0 Å². The predicted molar refractivity (Wildman–Crippen MR) is 111 cm³/mol. The Balaban J connectivity index is 2.51. The van der Waals surface area contributed by atoms with Gasteiger partial charge in [0.2, 0.25) is 5.91 Å². The largest absolute Gasteiger partial charge is 0.471 e. The first-order valence-electron chi connectivity index (χ1n) is 9.52. The molecule has 180 valence electrons. The SMILES string of the molecule is CCOC(=O)CN(C(=O)C(F)(F)F)C(N(C)c1ccccc1)P(=O)(O)OOc1ccccc1. The lowest BCUT2D eigenvalue weighted by Gasteiger charge is -2.39. The molecule has 0 saturated heterocycles. The highest BCUT2D eigenvalue weighted by atomic mass is 31.2. The van der Waals surface area contributed by atoms with Crippen LogP contribution < -0.4 is 9.79 Å². The topological polar surface area (TPSA) is 106 Å². The van der Waals surface area contributed by atoms with E-state index in [9.17, 15) is 32.2 Å². The van der Waals surface area contributed by atoms with E-state index in [0.29, 0.717) is 0 Å². The zero-order valence-electron chi connectivity index (χ0n) is 17.6. The van der Waals surface area contributed by atoms with Crippen molar-refractivity contribution in [1.82, 2.24) is 4.90 Å². The molecule has 0 saturated carbocycles. The van der Waals surface area contributed by atoms with Gasteiger partial charge in [-0.3, -0.25) is 19.1 Å². The number of esters is 1. The Kier molecular flexibility index (Phi) is 8.86. The summed E-state index contributed by atoms with van der Waals surface area (Å²) in [5.74, 6) is -6.08. The molecule has 0 radical (unpaired) electrons. The smallest absolute Gasteiger partial charge is 0.465 e. The fourth-order valence-corrected chi connectivity index (χ4v) is 4.16. The molecule has 1 N–H and O–H groups in total. The van der Waals surface area contributed by atoms with Gasteiger partial charge < -0.3 is 19.4 Å². The maximum absolute atomic E-state index is 13.4. The molecule has 2 unspecified atom stereocenters. The lowest BCUT2D eigenvalue weighted by molar-refractivity contribution is -0.189. The zero-order valence-corrected chi connectivity index (χ0v) is 18.5. The number of carbonyl (C=O) groups excluding carboxylic acids is 2. The predicted octanol–water partition coefficient (Wildman–Crippen LogP) is 3.56. The highest BCUT2D eigenvalue weighted by Gasteiger charge is 2.52. The molecule has 2 atom stereocenters. The van der Waals surface area contributed by atoms with Crippen LogP contribution in [-0.2, 0) is 23.6 Å². The fourth-order valence-electron chi connectivity index (χ4n) is 2.78. The average Bonchev–Trinajstić information content (AvgIpc) is 2.77. The summed E-state index contributed by atoms with van der Waals surface area (Å²) < 4.78 is 62.7. The second-order valence-electron chi connectivity index (χ2n) is 6.56. The van der Waals surface area contributed by atoms with Crippen LogP contribution in [0, 0.1) is 0 Å². The third-order valence-corrected chi connectivity index (χ3v) is 5.67. The van der Waals surface area contributed by atoms with Crippen molar-refractivity contribution in [2.75, 3.05) is 25.1 Å². The molecule has 0 aromatic heterocycles. The lowest BCUT2D eigenvalue weighted by Crippen LogP contribution is -2.55. The van der Waals surface area contributed by atoms with Crippen molar-refractivity contribution in [3.63, 3.8) is 0 Å². The summed E-state index contributed by atoms with van der Waals surface area (Å²) in [6.07, 6.45) is -5.47. The quantitative estimate of drug-likeness (QED) is 0.177. The second kappa shape index (κ2) is 11.2. The van der Waals surface area contributed by atoms with Crippen molar-refractivity contribution in [3.05, 3.63) is 60.7 Å². The molecule has 0 bridgehead atoms. The van der Waals surface area contributed by atoms with Gasteiger partial charge in [0.1, 0.15) is 6.54 Å². The number of benzene rings is 2. The van der Waals surface area contributed by atoms with Gasteiger partial charge in [-0.05, 0) is 31.2 Å². The Bertz CT molecular complexity index is 977. The van der Waals surface area contributed by atoms with Gasteiger partial charge in [-0.25, -0.2) is 0 Å². The van der Waals surface area contributed by atoms with E-state index in [2.05, 4.69) is 9.41 Å². The summed E-state index contributed by atoms with van der Waals surface area (Å²) in [5.41, 5.74) is 0.156. The van der Waals surface area contributed by atoms with Gasteiger partial charge in [0.15, 0.2) is 5.75 Å². The number of rotatable bonds is 10. The fraction of sp³-hybridized carbons (Fsp3) is 0.300. The third kappa shape index (κ3) is 7.21. The maximum Gasteiger partial charge on any atom is 0.471 e. The summed E-state index contributed by atoms with van der Waals surface area (Å²) in [5, 5.41) is 0. The molecule has 1 amide bonds. The van der Waals surface area contributed by atoms with Crippen LogP contribution in [0.25, 0.3) is 0 Å². The highest BCUT2D eigenvalue weighted by Crippen LogP contribution is 2.51. The monoisotopic (exact) mass is 490 g/mol. The number of amides is 1. The number of hydrogen-bond acceptors (Lipinski definition) is 7. The number of halogens is 3. The molecular formula is C20H22F3N2O7P. The van der Waals surface area contributed by atoms with Gasteiger partial charge in [0.25, 0.3) is 0 Å². The van der Waals surface area contributed by atoms with Crippen LogP contribution in [-0.4, -0.2) is 54.0 Å². The van der Waals surface area contributed by atoms with Gasteiger partial charge in [-0.2, -0.15) is 13.2 Å². The van der Waals surface area contributed by atoms with Crippen molar-refractivity contribution < 1.29 is 46.5 Å². The van der Waals surface area contributed by atoms with Crippen LogP contribution in [0.5, 0.6) is 5.75 Å². The molecule has 13 heteroatoms. The van der Waals surface area contributed by atoms with Crippen LogP contribution >= 0.6 is 7.60 Å². The van der Waals surface area contributed by atoms with Gasteiger partial charge >= 0.3 is 25.6 Å². The van der Waals surface area contributed by atoms with Crippen molar-refractivity contribution in [2.45, 2.75) is 19.0 Å². The Morgan fingerprint density at radius 3 is 2.12 bits per heavy atom. The number of nitrogens with zero attached hydrogens (tertiary/aromatic N) is 2. The molecule has 0 aliphatic heterocycles. The van der Waals surface area contributed by atoms with E-state index >= 15 is 0 Å². The van der Waals surface area contributed by atoms with Crippen molar-refractivity contribution >= 4 is 25.2 Å². The van der Waals surface area contributed by atoms with Gasteiger partial charge in [0, 0.05) is 12.7 Å². The minimum absolute atomic E-state index is 0.0213. The van der Waals surface area contributed by atoms with Gasteiger partial charge in [0.05, 0.1) is 6.61 Å². The molecule has 2 aromatic carbocycles. The van der Waals surface area contributed by atoms with E-state index in [4.69, 9.17) is 4.89 Å². The summed E-state index contributed by atoms with van der Waals surface area (Å²) in [7, 11) is -4.08. The number of ether oxygens (including phenoxy) is 1. The molecule has 0 aliphatic rings. The second-order valence-corrected chi connectivity index (χ2v) is 8.30. The highest BCUT2D eigenvalue weighted by molar-refractivity contribution is 7.53. The van der Waals surface area contributed by atoms with Gasteiger partial charge in [-0.1, -0.05) is 41.1 Å². The summed E-state index contributed by atoms with van der Waals surface area (Å²) in [6, 6.07) is 14.9. The average molecular weight is 490 g/mol. The number of para-hydroxylation sites is 2. The Morgan fingerprint density at radius 1 is 1.06 bits per heavy atom. The van der Waals surface area contributed by atoms with Crippen LogP contribution in [0.3, 0.4) is 0 Å². The van der Waals surface area contributed by atoms with Crippen molar-refractivity contribution in [1.29, 1.82) is 0 Å². The van der Waals surface area contributed by atoms with Crippen LogP contribution in [0.15, 0.2) is 60.7 Å². The molecule has 9 nitrogen and oxygen atoms in total. The van der Waals surface area contributed by atoms with E-state index in [-0.39, 0.29) is 22.9 Å². The summed E-state index contributed by atoms with van der Waals surface area (Å²) in [4.78, 5) is 40.5. The van der Waals surface area contributed by atoms with E-state index < -0.39 is 38.1 Å². The number of alkyl halides is 3. The number of anilines is 1. The van der Waals surface area contributed by atoms with E-state index in [1.54, 1.807) is 12.1 Å². The minimum Gasteiger partial charge on any atom is -0.465 e. The Hall–Kier alpha value is -3.08. The molecule has 2 aromatic rings. The van der Waals surface area contributed by atoms with Crippen molar-refractivity contribution in [3.8, 4) is 5.75 Å². The first kappa shape index (κ1) is 26.2. The molecule has 33 heavy (non-hydrogen) atoms. The van der Waals surface area contributed by atoms with E-state index in [0.717, 1.165) is 11.9 Å². The van der Waals surface area contributed by atoms with Crippen LogP contribution in [0.1, 0.15) is 6.92 Å². The normalized spacial score (nSPS) is 14.0. The third-order valence-electron chi connectivity index (χ3n) is 4.17. The first-order valence-corrected chi connectivity index (χ1v) is 11.2.